The highest BCUT2D eigenvalue weighted by atomic mass is 32.2. The summed E-state index contributed by atoms with van der Waals surface area (Å²) in [5.41, 5.74) is 0. The molecule has 1 fully saturated rings. The number of benzene rings is 1. The monoisotopic (exact) mass is 394 g/mol. The molecule has 0 N–H and O–H groups in total. The van der Waals surface area contributed by atoms with Gasteiger partial charge in [0.25, 0.3) is 0 Å². The summed E-state index contributed by atoms with van der Waals surface area (Å²) in [5, 5.41) is 0. The first-order chi connectivity index (χ1) is 12.9. The number of hydrogen-bond donors (Lipinski definition) is 0. The molecule has 7 nitrogen and oxygen atoms in total. The Bertz CT molecular complexity index is 899. The van der Waals surface area contributed by atoms with E-state index in [9.17, 15) is 12.8 Å². The highest BCUT2D eigenvalue weighted by Gasteiger charge is 2.29. The average molecular weight is 394 g/mol. The summed E-state index contributed by atoms with van der Waals surface area (Å²) in [6.07, 6.45) is 0.884. The van der Waals surface area contributed by atoms with Crippen LogP contribution in [0.1, 0.15) is 19.2 Å². The molecular formula is C18H23FN4O3S. The van der Waals surface area contributed by atoms with Crippen LogP contribution in [0.15, 0.2) is 35.2 Å². The third-order valence-corrected chi connectivity index (χ3v) is 6.15. The molecule has 9 heteroatoms. The Balaban J connectivity index is 1.71. The molecule has 0 saturated carbocycles. The van der Waals surface area contributed by atoms with Crippen molar-refractivity contribution in [2.45, 2.75) is 25.2 Å². The number of rotatable bonds is 6. The molecule has 0 bridgehead atoms. The van der Waals surface area contributed by atoms with Crippen molar-refractivity contribution in [1.82, 2.24) is 14.3 Å². The smallest absolute Gasteiger partial charge is 0.243 e. The molecule has 1 aromatic carbocycles. The van der Waals surface area contributed by atoms with Crippen LogP contribution in [-0.2, 0) is 10.0 Å². The molecule has 0 amide bonds. The maximum Gasteiger partial charge on any atom is 0.243 e. The maximum atomic E-state index is 13.4. The quantitative estimate of drug-likeness (QED) is 0.748. The SMILES string of the molecule is CCCOc1cc(N2CCN(S(=O)(=O)c3cccc(F)c3)CC2)nc(C)n1. The summed E-state index contributed by atoms with van der Waals surface area (Å²) in [4.78, 5) is 10.7. The van der Waals surface area contributed by atoms with Crippen LogP contribution in [-0.4, -0.2) is 55.5 Å². The van der Waals surface area contributed by atoms with Crippen LogP contribution in [0, 0.1) is 12.7 Å². The van der Waals surface area contributed by atoms with Gasteiger partial charge in [0.15, 0.2) is 0 Å². The first kappa shape index (κ1) is 19.5. The lowest BCUT2D eigenvalue weighted by Crippen LogP contribution is -2.49. The fourth-order valence-electron chi connectivity index (χ4n) is 2.90. The second-order valence-electron chi connectivity index (χ2n) is 6.31. The van der Waals surface area contributed by atoms with Crippen molar-refractivity contribution in [1.29, 1.82) is 0 Å². The minimum Gasteiger partial charge on any atom is -0.478 e. The molecule has 2 heterocycles. The van der Waals surface area contributed by atoms with Crippen LogP contribution < -0.4 is 9.64 Å². The topological polar surface area (TPSA) is 75.6 Å². The van der Waals surface area contributed by atoms with Crippen LogP contribution in [0.25, 0.3) is 0 Å². The Morgan fingerprint density at radius 3 is 2.56 bits per heavy atom. The fraction of sp³-hybridized carbons (Fsp3) is 0.444. The van der Waals surface area contributed by atoms with Crippen LogP contribution in [0.5, 0.6) is 5.88 Å². The lowest BCUT2D eigenvalue weighted by atomic mass is 10.3. The van der Waals surface area contributed by atoms with Crippen molar-refractivity contribution in [3.05, 3.63) is 42.0 Å². The number of anilines is 1. The minimum absolute atomic E-state index is 0.0240. The first-order valence-corrected chi connectivity index (χ1v) is 10.3. The van der Waals surface area contributed by atoms with Crippen molar-refractivity contribution in [3.8, 4) is 5.88 Å². The zero-order valence-corrected chi connectivity index (χ0v) is 16.2. The van der Waals surface area contributed by atoms with Crippen LogP contribution in [0.4, 0.5) is 10.2 Å². The van der Waals surface area contributed by atoms with Gasteiger partial charge in [0.2, 0.25) is 15.9 Å². The minimum atomic E-state index is -3.71. The van der Waals surface area contributed by atoms with E-state index in [0.717, 1.165) is 18.3 Å². The van der Waals surface area contributed by atoms with Crippen LogP contribution in [0.2, 0.25) is 0 Å². The van der Waals surface area contributed by atoms with Gasteiger partial charge in [0.05, 0.1) is 11.5 Å². The standard InChI is InChI=1S/C18H23FN4O3S/c1-3-11-26-18-13-17(20-14(2)21-18)22-7-9-23(10-8-22)27(24,25)16-6-4-5-15(19)12-16/h4-6,12-13H,3,7-11H2,1-2H3. The number of piperazine rings is 1. The van der Waals surface area contributed by atoms with Crippen molar-refractivity contribution >= 4 is 15.8 Å². The summed E-state index contributed by atoms with van der Waals surface area (Å²) in [6.45, 7) is 5.96. The van der Waals surface area contributed by atoms with Crippen molar-refractivity contribution in [3.63, 3.8) is 0 Å². The van der Waals surface area contributed by atoms with E-state index in [0.29, 0.717) is 44.5 Å². The van der Waals surface area contributed by atoms with E-state index in [1.54, 1.807) is 13.0 Å². The molecule has 0 radical (unpaired) electrons. The highest BCUT2D eigenvalue weighted by Crippen LogP contribution is 2.22. The maximum absolute atomic E-state index is 13.4. The van der Waals surface area contributed by atoms with E-state index < -0.39 is 15.8 Å². The van der Waals surface area contributed by atoms with Crippen LogP contribution >= 0.6 is 0 Å². The average Bonchev–Trinajstić information content (AvgIpc) is 2.66. The summed E-state index contributed by atoms with van der Waals surface area (Å²) in [5.74, 6) is 1.28. The van der Waals surface area contributed by atoms with E-state index >= 15 is 0 Å². The van der Waals surface area contributed by atoms with E-state index in [1.807, 2.05) is 11.8 Å². The molecule has 2 aromatic rings. The number of sulfonamides is 1. The van der Waals surface area contributed by atoms with Crippen molar-refractivity contribution < 1.29 is 17.5 Å². The van der Waals surface area contributed by atoms with E-state index in [4.69, 9.17) is 4.74 Å². The van der Waals surface area contributed by atoms with E-state index in [2.05, 4.69) is 9.97 Å². The van der Waals surface area contributed by atoms with Gasteiger partial charge < -0.3 is 9.64 Å². The molecule has 0 atom stereocenters. The predicted octanol–water partition coefficient (Wildman–Crippen LogP) is 2.22. The van der Waals surface area contributed by atoms with Crippen LogP contribution in [0.3, 0.4) is 0 Å². The van der Waals surface area contributed by atoms with Crippen molar-refractivity contribution in [2.24, 2.45) is 0 Å². The number of nitrogens with zero attached hydrogens (tertiary/aromatic N) is 4. The second-order valence-corrected chi connectivity index (χ2v) is 8.25. The number of ether oxygens (including phenoxy) is 1. The van der Waals surface area contributed by atoms with Gasteiger partial charge in [-0.15, -0.1) is 0 Å². The molecule has 1 aliphatic rings. The third kappa shape index (κ3) is 4.54. The molecule has 1 saturated heterocycles. The molecule has 1 aromatic heterocycles. The van der Waals surface area contributed by atoms with Crippen molar-refractivity contribution in [2.75, 3.05) is 37.7 Å². The third-order valence-electron chi connectivity index (χ3n) is 4.25. The Kier molecular flexibility index (Phi) is 5.91. The number of aryl methyl sites for hydroxylation is 1. The Morgan fingerprint density at radius 2 is 1.89 bits per heavy atom. The Morgan fingerprint density at radius 1 is 1.15 bits per heavy atom. The molecule has 146 valence electrons. The molecule has 1 aliphatic heterocycles. The zero-order valence-electron chi connectivity index (χ0n) is 15.4. The molecule has 27 heavy (non-hydrogen) atoms. The van der Waals surface area contributed by atoms with Gasteiger partial charge >= 0.3 is 0 Å². The summed E-state index contributed by atoms with van der Waals surface area (Å²) < 4.78 is 45.8. The number of halogens is 1. The van der Waals surface area contributed by atoms with E-state index in [1.165, 1.54) is 22.5 Å². The fourth-order valence-corrected chi connectivity index (χ4v) is 4.36. The van der Waals surface area contributed by atoms with Gasteiger partial charge in [-0.2, -0.15) is 9.29 Å². The lowest BCUT2D eigenvalue weighted by molar-refractivity contribution is 0.303. The largest absolute Gasteiger partial charge is 0.478 e. The summed E-state index contributed by atoms with van der Waals surface area (Å²) in [6, 6.07) is 6.87. The Hall–Kier alpha value is -2.26. The zero-order chi connectivity index (χ0) is 19.4. The molecule has 0 aliphatic carbocycles. The lowest BCUT2D eigenvalue weighted by Gasteiger charge is -2.34. The first-order valence-electron chi connectivity index (χ1n) is 8.89. The normalized spacial score (nSPS) is 15.7. The van der Waals surface area contributed by atoms with Gasteiger partial charge in [0, 0.05) is 32.2 Å². The molecule has 3 rings (SSSR count). The van der Waals surface area contributed by atoms with E-state index in [-0.39, 0.29) is 4.90 Å². The van der Waals surface area contributed by atoms with Gasteiger partial charge in [0.1, 0.15) is 17.5 Å². The number of aromatic nitrogens is 2. The summed E-state index contributed by atoms with van der Waals surface area (Å²) >= 11 is 0. The summed E-state index contributed by atoms with van der Waals surface area (Å²) in [7, 11) is -3.71. The number of hydrogen-bond acceptors (Lipinski definition) is 6. The highest BCUT2D eigenvalue weighted by molar-refractivity contribution is 7.89. The molecule has 0 unspecified atom stereocenters. The van der Waals surface area contributed by atoms with Gasteiger partial charge in [-0.1, -0.05) is 13.0 Å². The predicted molar refractivity (Wildman–Crippen MR) is 99.9 cm³/mol. The Labute approximate surface area is 158 Å². The molecule has 0 spiro atoms. The van der Waals surface area contributed by atoms with Gasteiger partial charge in [-0.25, -0.2) is 17.8 Å². The second kappa shape index (κ2) is 8.18. The molecular weight excluding hydrogens is 371 g/mol. The van der Waals surface area contributed by atoms with Gasteiger partial charge in [-0.3, -0.25) is 0 Å². The van der Waals surface area contributed by atoms with Gasteiger partial charge in [-0.05, 0) is 31.5 Å².